The Morgan fingerprint density at radius 3 is 2.64 bits per heavy atom. The van der Waals surface area contributed by atoms with Gasteiger partial charge in [-0.15, -0.1) is 0 Å². The van der Waals surface area contributed by atoms with Crippen molar-refractivity contribution in [3.05, 3.63) is 35.9 Å². The molecule has 1 aromatic rings. The van der Waals surface area contributed by atoms with E-state index in [0.717, 1.165) is 24.9 Å². The number of hydrogen-bond donors (Lipinski definition) is 2. The predicted octanol–water partition coefficient (Wildman–Crippen LogP) is 1.06. The van der Waals surface area contributed by atoms with Crippen LogP contribution in [0.3, 0.4) is 0 Å². The molecule has 6 heteroatoms. The van der Waals surface area contributed by atoms with E-state index in [0.29, 0.717) is 32.6 Å². The van der Waals surface area contributed by atoms with E-state index < -0.39 is 5.54 Å². The second-order valence-corrected chi connectivity index (χ2v) is 6.78. The van der Waals surface area contributed by atoms with Crippen molar-refractivity contribution in [2.45, 2.75) is 43.8 Å². The number of rotatable bonds is 5. The summed E-state index contributed by atoms with van der Waals surface area (Å²) in [4.78, 5) is 27.6. The molecule has 1 atom stereocenters. The smallest absolute Gasteiger partial charge is 0.240 e. The summed E-state index contributed by atoms with van der Waals surface area (Å²) >= 11 is 0. The zero-order valence-electron chi connectivity index (χ0n) is 14.8. The van der Waals surface area contributed by atoms with E-state index in [2.05, 4.69) is 15.5 Å². The lowest BCUT2D eigenvalue weighted by atomic mass is 9.86. The van der Waals surface area contributed by atoms with Gasteiger partial charge >= 0.3 is 0 Å². The monoisotopic (exact) mass is 345 g/mol. The molecule has 25 heavy (non-hydrogen) atoms. The Kier molecular flexibility index (Phi) is 5.71. The molecule has 136 valence electrons. The Morgan fingerprint density at radius 1 is 1.24 bits per heavy atom. The van der Waals surface area contributed by atoms with Crippen molar-refractivity contribution < 1.29 is 14.3 Å². The standard InChI is InChI=1S/C19H27N3O3/c1-20-18(24)19(9-12-25-13-10-19)22-11-5-8-16(22)17(23)21-14-15-6-3-2-4-7-15/h2-4,6-7,16H,5,8-14H2,1H3,(H,20,24)(H,21,23). The van der Waals surface area contributed by atoms with Crippen LogP contribution in [0.4, 0.5) is 0 Å². The molecule has 2 fully saturated rings. The first-order valence-corrected chi connectivity index (χ1v) is 9.06. The molecule has 0 bridgehead atoms. The average Bonchev–Trinajstić information content (AvgIpc) is 3.17. The minimum atomic E-state index is -0.627. The Balaban J connectivity index is 1.71. The highest BCUT2D eigenvalue weighted by molar-refractivity contribution is 5.88. The third kappa shape index (κ3) is 3.70. The number of nitrogens with zero attached hydrogens (tertiary/aromatic N) is 1. The molecule has 0 radical (unpaired) electrons. The van der Waals surface area contributed by atoms with Crippen molar-refractivity contribution in [2.75, 3.05) is 26.8 Å². The first-order valence-electron chi connectivity index (χ1n) is 9.06. The van der Waals surface area contributed by atoms with Crippen LogP contribution >= 0.6 is 0 Å². The van der Waals surface area contributed by atoms with Crippen LogP contribution in [0.25, 0.3) is 0 Å². The van der Waals surface area contributed by atoms with Gasteiger partial charge in [-0.3, -0.25) is 14.5 Å². The fourth-order valence-electron chi connectivity index (χ4n) is 4.04. The highest BCUT2D eigenvalue weighted by Gasteiger charge is 2.50. The molecular formula is C19H27N3O3. The Hall–Kier alpha value is -1.92. The molecule has 0 spiro atoms. The van der Waals surface area contributed by atoms with Crippen LogP contribution in [-0.4, -0.2) is 55.1 Å². The van der Waals surface area contributed by atoms with E-state index in [9.17, 15) is 9.59 Å². The van der Waals surface area contributed by atoms with Crippen molar-refractivity contribution in [1.82, 2.24) is 15.5 Å². The van der Waals surface area contributed by atoms with Crippen molar-refractivity contribution in [2.24, 2.45) is 0 Å². The summed E-state index contributed by atoms with van der Waals surface area (Å²) in [6.45, 7) is 2.40. The van der Waals surface area contributed by atoms with Gasteiger partial charge in [-0.25, -0.2) is 0 Å². The number of benzene rings is 1. The molecule has 3 rings (SSSR count). The van der Waals surface area contributed by atoms with Gasteiger partial charge in [0.05, 0.1) is 6.04 Å². The summed E-state index contributed by atoms with van der Waals surface area (Å²) in [5, 5.41) is 5.84. The van der Waals surface area contributed by atoms with Crippen molar-refractivity contribution in [1.29, 1.82) is 0 Å². The number of hydrogen-bond acceptors (Lipinski definition) is 4. The molecule has 2 amide bonds. The van der Waals surface area contributed by atoms with E-state index in [1.807, 2.05) is 30.3 Å². The van der Waals surface area contributed by atoms with Crippen LogP contribution in [0.1, 0.15) is 31.2 Å². The molecular weight excluding hydrogens is 318 g/mol. The maximum absolute atomic E-state index is 12.8. The van der Waals surface area contributed by atoms with Gasteiger partial charge in [0, 0.05) is 33.4 Å². The molecule has 2 aliphatic rings. The Bertz CT molecular complexity index is 599. The number of amides is 2. The number of carbonyl (C=O) groups excluding carboxylic acids is 2. The number of carbonyl (C=O) groups is 2. The fraction of sp³-hybridized carbons (Fsp3) is 0.579. The van der Waals surface area contributed by atoms with Gasteiger partial charge in [-0.05, 0) is 31.2 Å². The van der Waals surface area contributed by atoms with E-state index in [1.54, 1.807) is 7.05 Å². The van der Waals surface area contributed by atoms with Crippen LogP contribution in [0.15, 0.2) is 30.3 Å². The molecule has 6 nitrogen and oxygen atoms in total. The molecule has 2 aliphatic heterocycles. The van der Waals surface area contributed by atoms with E-state index in [-0.39, 0.29) is 17.9 Å². The third-order valence-corrected chi connectivity index (χ3v) is 5.38. The first-order chi connectivity index (χ1) is 12.2. The molecule has 2 saturated heterocycles. The first kappa shape index (κ1) is 17.9. The number of ether oxygens (including phenoxy) is 1. The van der Waals surface area contributed by atoms with Gasteiger partial charge in [0.15, 0.2) is 0 Å². The number of likely N-dealkylation sites (N-methyl/N-ethyl adjacent to an activating group) is 1. The van der Waals surface area contributed by atoms with E-state index >= 15 is 0 Å². The molecule has 0 saturated carbocycles. The van der Waals surface area contributed by atoms with E-state index in [1.165, 1.54) is 0 Å². The highest BCUT2D eigenvalue weighted by atomic mass is 16.5. The summed E-state index contributed by atoms with van der Waals surface area (Å²) in [6, 6.07) is 9.63. The van der Waals surface area contributed by atoms with E-state index in [4.69, 9.17) is 4.74 Å². The SMILES string of the molecule is CNC(=O)C1(N2CCCC2C(=O)NCc2ccccc2)CCOCC1. The van der Waals surface area contributed by atoms with Crippen LogP contribution < -0.4 is 10.6 Å². The van der Waals surface area contributed by atoms with Gasteiger partial charge < -0.3 is 15.4 Å². The van der Waals surface area contributed by atoms with Crippen LogP contribution in [0.5, 0.6) is 0 Å². The van der Waals surface area contributed by atoms with Crippen LogP contribution in [0.2, 0.25) is 0 Å². The molecule has 1 aromatic carbocycles. The zero-order valence-corrected chi connectivity index (χ0v) is 14.8. The van der Waals surface area contributed by atoms with Crippen LogP contribution in [0, 0.1) is 0 Å². The maximum atomic E-state index is 12.8. The quantitative estimate of drug-likeness (QED) is 0.837. The molecule has 2 heterocycles. The Labute approximate surface area is 148 Å². The highest BCUT2D eigenvalue weighted by Crippen LogP contribution is 2.35. The van der Waals surface area contributed by atoms with Gasteiger partial charge in [-0.1, -0.05) is 30.3 Å². The second kappa shape index (κ2) is 7.97. The lowest BCUT2D eigenvalue weighted by Gasteiger charge is -2.45. The third-order valence-electron chi connectivity index (χ3n) is 5.38. The minimum Gasteiger partial charge on any atom is -0.381 e. The fourth-order valence-corrected chi connectivity index (χ4v) is 4.04. The van der Waals surface area contributed by atoms with Gasteiger partial charge in [0.2, 0.25) is 11.8 Å². The lowest BCUT2D eigenvalue weighted by molar-refractivity contribution is -0.145. The molecule has 2 N–H and O–H groups in total. The molecule has 0 aliphatic carbocycles. The second-order valence-electron chi connectivity index (χ2n) is 6.78. The lowest BCUT2D eigenvalue weighted by Crippen LogP contribution is -2.64. The predicted molar refractivity (Wildman–Crippen MR) is 94.9 cm³/mol. The summed E-state index contributed by atoms with van der Waals surface area (Å²) in [5.41, 5.74) is 0.450. The summed E-state index contributed by atoms with van der Waals surface area (Å²) in [7, 11) is 1.67. The molecule has 0 aromatic heterocycles. The summed E-state index contributed by atoms with van der Waals surface area (Å²) < 4.78 is 5.47. The molecule has 1 unspecified atom stereocenters. The van der Waals surface area contributed by atoms with Crippen molar-refractivity contribution >= 4 is 11.8 Å². The van der Waals surface area contributed by atoms with Crippen LogP contribution in [-0.2, 0) is 20.9 Å². The number of likely N-dealkylation sites (tertiary alicyclic amines) is 1. The zero-order chi connectivity index (χ0) is 17.7. The maximum Gasteiger partial charge on any atom is 0.240 e. The minimum absolute atomic E-state index is 0.00133. The Morgan fingerprint density at radius 2 is 1.96 bits per heavy atom. The normalized spacial score (nSPS) is 23.2. The van der Waals surface area contributed by atoms with Gasteiger partial charge in [0.1, 0.15) is 5.54 Å². The average molecular weight is 345 g/mol. The van der Waals surface area contributed by atoms with Crippen molar-refractivity contribution in [3.63, 3.8) is 0 Å². The van der Waals surface area contributed by atoms with Gasteiger partial charge in [-0.2, -0.15) is 0 Å². The summed E-state index contributed by atoms with van der Waals surface area (Å²) in [5.74, 6) is 0.00897. The number of nitrogens with one attached hydrogen (secondary N) is 2. The van der Waals surface area contributed by atoms with Gasteiger partial charge in [0.25, 0.3) is 0 Å². The topological polar surface area (TPSA) is 70.7 Å². The van der Waals surface area contributed by atoms with Crippen molar-refractivity contribution in [3.8, 4) is 0 Å². The largest absolute Gasteiger partial charge is 0.381 e. The summed E-state index contributed by atoms with van der Waals surface area (Å²) in [6.07, 6.45) is 2.99.